The summed E-state index contributed by atoms with van der Waals surface area (Å²) in [5.41, 5.74) is -0.719. The van der Waals surface area contributed by atoms with Gasteiger partial charge >= 0.3 is 11.9 Å². The minimum Gasteiger partial charge on any atom is -0.465 e. The van der Waals surface area contributed by atoms with Gasteiger partial charge in [-0.05, 0) is 32.6 Å². The predicted molar refractivity (Wildman–Crippen MR) is 63.3 cm³/mol. The number of allylic oxidation sites excluding steroid dienone is 1. The van der Waals surface area contributed by atoms with Gasteiger partial charge in [-0.15, -0.1) is 6.58 Å². The summed E-state index contributed by atoms with van der Waals surface area (Å²) in [5, 5.41) is 0. The summed E-state index contributed by atoms with van der Waals surface area (Å²) in [6.45, 7) is 7.15. The molecule has 96 valence electrons. The molecule has 4 heteroatoms. The van der Waals surface area contributed by atoms with Crippen molar-refractivity contribution in [2.45, 2.75) is 45.6 Å². The van der Waals surface area contributed by atoms with E-state index in [1.54, 1.807) is 13.0 Å². The molecule has 0 spiro atoms. The topological polar surface area (TPSA) is 52.6 Å². The third-order valence-corrected chi connectivity index (χ3v) is 3.20. The SMILES string of the molecule is C=CC[C@]1(C(=O)OCC)CCC[C@@H]1OC(C)=O. The van der Waals surface area contributed by atoms with Crippen molar-refractivity contribution in [3.63, 3.8) is 0 Å². The molecule has 0 heterocycles. The van der Waals surface area contributed by atoms with E-state index in [-0.39, 0.29) is 18.0 Å². The van der Waals surface area contributed by atoms with Crippen molar-refractivity contribution < 1.29 is 19.1 Å². The van der Waals surface area contributed by atoms with E-state index in [9.17, 15) is 9.59 Å². The van der Waals surface area contributed by atoms with Crippen LogP contribution in [0.25, 0.3) is 0 Å². The average molecular weight is 240 g/mol. The van der Waals surface area contributed by atoms with Crippen molar-refractivity contribution >= 4 is 11.9 Å². The maximum atomic E-state index is 12.1. The molecule has 0 aromatic carbocycles. The van der Waals surface area contributed by atoms with E-state index in [1.165, 1.54) is 6.92 Å². The first-order chi connectivity index (χ1) is 8.06. The van der Waals surface area contributed by atoms with Gasteiger partial charge in [0.05, 0.1) is 6.61 Å². The summed E-state index contributed by atoms with van der Waals surface area (Å²) in [4.78, 5) is 23.2. The van der Waals surface area contributed by atoms with Crippen LogP contribution in [0.4, 0.5) is 0 Å². The van der Waals surface area contributed by atoms with Crippen molar-refractivity contribution in [1.29, 1.82) is 0 Å². The lowest BCUT2D eigenvalue weighted by molar-refractivity contribution is -0.169. The van der Waals surface area contributed by atoms with Crippen LogP contribution in [0.3, 0.4) is 0 Å². The molecule has 1 fully saturated rings. The molecule has 0 aromatic heterocycles. The maximum absolute atomic E-state index is 12.1. The summed E-state index contributed by atoms with van der Waals surface area (Å²) < 4.78 is 10.4. The second-order valence-corrected chi connectivity index (χ2v) is 4.36. The highest BCUT2D eigenvalue weighted by atomic mass is 16.6. The minimum absolute atomic E-state index is 0.274. The van der Waals surface area contributed by atoms with Crippen molar-refractivity contribution in [2.75, 3.05) is 6.61 Å². The monoisotopic (exact) mass is 240 g/mol. The molecule has 0 aromatic rings. The lowest BCUT2D eigenvalue weighted by Crippen LogP contribution is -2.41. The molecule has 1 aliphatic rings. The van der Waals surface area contributed by atoms with Gasteiger partial charge in [0, 0.05) is 6.92 Å². The number of ether oxygens (including phenoxy) is 2. The van der Waals surface area contributed by atoms with Gasteiger partial charge in [0.2, 0.25) is 0 Å². The summed E-state index contributed by atoms with van der Waals surface area (Å²) in [5.74, 6) is -0.627. The summed E-state index contributed by atoms with van der Waals surface area (Å²) >= 11 is 0. The van der Waals surface area contributed by atoms with E-state index >= 15 is 0 Å². The Labute approximate surface area is 102 Å². The number of hydrogen-bond donors (Lipinski definition) is 0. The van der Waals surface area contributed by atoms with Gasteiger partial charge in [-0.2, -0.15) is 0 Å². The summed E-state index contributed by atoms with van der Waals surface area (Å²) in [6.07, 6.45) is 4.08. The molecule has 1 rings (SSSR count). The molecule has 1 aliphatic carbocycles. The molecule has 0 unspecified atom stereocenters. The minimum atomic E-state index is -0.719. The number of esters is 2. The number of carbonyl (C=O) groups excluding carboxylic acids is 2. The number of carbonyl (C=O) groups is 2. The average Bonchev–Trinajstić information content (AvgIpc) is 2.63. The smallest absolute Gasteiger partial charge is 0.316 e. The van der Waals surface area contributed by atoms with Crippen LogP contribution in [0.15, 0.2) is 12.7 Å². The van der Waals surface area contributed by atoms with Crippen LogP contribution in [0.5, 0.6) is 0 Å². The highest BCUT2D eigenvalue weighted by Gasteiger charge is 2.51. The number of hydrogen-bond acceptors (Lipinski definition) is 4. The van der Waals surface area contributed by atoms with Crippen LogP contribution in [0, 0.1) is 5.41 Å². The van der Waals surface area contributed by atoms with Gasteiger partial charge in [-0.1, -0.05) is 6.08 Å². The Morgan fingerprint density at radius 2 is 2.24 bits per heavy atom. The fourth-order valence-electron chi connectivity index (χ4n) is 2.49. The van der Waals surface area contributed by atoms with E-state index in [0.717, 1.165) is 6.42 Å². The molecule has 0 saturated heterocycles. The van der Waals surface area contributed by atoms with Crippen LogP contribution >= 0.6 is 0 Å². The van der Waals surface area contributed by atoms with E-state index in [1.807, 2.05) is 0 Å². The van der Waals surface area contributed by atoms with Crippen LogP contribution < -0.4 is 0 Å². The standard InChI is InChI=1S/C13H20O4/c1-4-8-13(12(15)16-5-2)9-6-7-11(13)17-10(3)14/h4,11H,1,5-9H2,2-3H3/t11-,13-/m0/s1. The quantitative estimate of drug-likeness (QED) is 0.546. The van der Waals surface area contributed by atoms with Gasteiger partial charge in [0.1, 0.15) is 11.5 Å². The molecular formula is C13H20O4. The van der Waals surface area contributed by atoms with E-state index < -0.39 is 5.41 Å². The molecule has 17 heavy (non-hydrogen) atoms. The third kappa shape index (κ3) is 2.87. The normalized spacial score (nSPS) is 27.5. The Bertz CT molecular complexity index is 311. The Balaban J connectivity index is 2.91. The van der Waals surface area contributed by atoms with Gasteiger partial charge in [-0.3, -0.25) is 9.59 Å². The first-order valence-electron chi connectivity index (χ1n) is 6.02. The van der Waals surface area contributed by atoms with Crippen molar-refractivity contribution in [1.82, 2.24) is 0 Å². The predicted octanol–water partition coefficient (Wildman–Crippen LogP) is 2.23. The lowest BCUT2D eigenvalue weighted by atomic mass is 9.80. The Morgan fingerprint density at radius 3 is 2.76 bits per heavy atom. The largest absolute Gasteiger partial charge is 0.465 e. The maximum Gasteiger partial charge on any atom is 0.316 e. The zero-order valence-electron chi connectivity index (χ0n) is 10.5. The molecular weight excluding hydrogens is 220 g/mol. The first-order valence-corrected chi connectivity index (χ1v) is 6.02. The molecule has 4 nitrogen and oxygen atoms in total. The molecule has 1 saturated carbocycles. The van der Waals surface area contributed by atoms with E-state index in [4.69, 9.17) is 9.47 Å². The fourth-order valence-corrected chi connectivity index (χ4v) is 2.49. The molecule has 2 atom stereocenters. The zero-order valence-corrected chi connectivity index (χ0v) is 10.5. The molecule has 0 aliphatic heterocycles. The molecule has 0 bridgehead atoms. The van der Waals surface area contributed by atoms with E-state index in [2.05, 4.69) is 6.58 Å². The summed E-state index contributed by atoms with van der Waals surface area (Å²) in [6, 6.07) is 0. The number of rotatable bonds is 5. The Hall–Kier alpha value is -1.32. The van der Waals surface area contributed by atoms with E-state index in [0.29, 0.717) is 25.9 Å². The van der Waals surface area contributed by atoms with Crippen molar-refractivity contribution in [3.8, 4) is 0 Å². The molecule has 0 radical (unpaired) electrons. The van der Waals surface area contributed by atoms with Crippen LogP contribution in [-0.4, -0.2) is 24.6 Å². The van der Waals surface area contributed by atoms with Crippen LogP contribution in [-0.2, 0) is 19.1 Å². The van der Waals surface area contributed by atoms with Gasteiger partial charge in [-0.25, -0.2) is 0 Å². The summed E-state index contributed by atoms with van der Waals surface area (Å²) in [7, 11) is 0. The van der Waals surface area contributed by atoms with Crippen molar-refractivity contribution in [2.24, 2.45) is 5.41 Å². The van der Waals surface area contributed by atoms with Crippen LogP contribution in [0.1, 0.15) is 39.5 Å². The van der Waals surface area contributed by atoms with Gasteiger partial charge in [0.25, 0.3) is 0 Å². The highest BCUT2D eigenvalue weighted by molar-refractivity contribution is 5.79. The zero-order chi connectivity index (χ0) is 12.9. The van der Waals surface area contributed by atoms with Crippen molar-refractivity contribution in [3.05, 3.63) is 12.7 Å². The third-order valence-electron chi connectivity index (χ3n) is 3.20. The molecule has 0 N–H and O–H groups in total. The molecule has 0 amide bonds. The van der Waals surface area contributed by atoms with Gasteiger partial charge in [0.15, 0.2) is 0 Å². The highest BCUT2D eigenvalue weighted by Crippen LogP contribution is 2.44. The Morgan fingerprint density at radius 1 is 1.53 bits per heavy atom. The van der Waals surface area contributed by atoms with Crippen LogP contribution in [0.2, 0.25) is 0 Å². The first kappa shape index (κ1) is 13.7. The fraction of sp³-hybridized carbons (Fsp3) is 0.692. The second kappa shape index (κ2) is 5.84. The lowest BCUT2D eigenvalue weighted by Gasteiger charge is -2.31. The Kier molecular flexibility index (Phi) is 4.73. The van der Waals surface area contributed by atoms with Gasteiger partial charge < -0.3 is 9.47 Å². The second-order valence-electron chi connectivity index (χ2n) is 4.36.